The Morgan fingerprint density at radius 2 is 2.35 bits per heavy atom. The van der Waals surface area contributed by atoms with Gasteiger partial charge in [0.05, 0.1) is 6.54 Å². The van der Waals surface area contributed by atoms with E-state index in [1.165, 1.54) is 5.56 Å². The predicted octanol–water partition coefficient (Wildman–Crippen LogP) is 0.881. The summed E-state index contributed by atoms with van der Waals surface area (Å²) in [6.45, 7) is 2.79. The van der Waals surface area contributed by atoms with Crippen LogP contribution in [0.1, 0.15) is 28.9 Å². The number of amides is 1. The van der Waals surface area contributed by atoms with Gasteiger partial charge in [-0.3, -0.25) is 4.79 Å². The number of nitrogens with zero attached hydrogens (tertiary/aromatic N) is 2. The van der Waals surface area contributed by atoms with E-state index in [0.717, 1.165) is 18.5 Å². The molecule has 1 aromatic heterocycles. The highest BCUT2D eigenvalue weighted by molar-refractivity contribution is 5.83. The van der Waals surface area contributed by atoms with Gasteiger partial charge in [-0.2, -0.15) is 4.98 Å². The van der Waals surface area contributed by atoms with Crippen LogP contribution in [0.15, 0.2) is 28.8 Å². The largest absolute Gasteiger partial charge is 0.345 e. The number of aryl methyl sites for hydroxylation is 1. The molecule has 0 fully saturated rings. The summed E-state index contributed by atoms with van der Waals surface area (Å²) in [4.78, 5) is 16.3. The topological polar surface area (TPSA) is 80.0 Å². The monoisotopic (exact) mass is 272 g/mol. The minimum Gasteiger partial charge on any atom is -0.345 e. The van der Waals surface area contributed by atoms with Crippen molar-refractivity contribution in [3.8, 4) is 0 Å². The summed E-state index contributed by atoms with van der Waals surface area (Å²) < 4.78 is 4.98. The molecule has 0 spiro atoms. The number of nitrogens with one attached hydrogen (secondary N) is 2. The molecule has 0 saturated heterocycles. The van der Waals surface area contributed by atoms with Crippen molar-refractivity contribution in [2.75, 3.05) is 6.54 Å². The quantitative estimate of drug-likeness (QED) is 0.867. The molecule has 1 atom stereocenters. The van der Waals surface area contributed by atoms with E-state index in [9.17, 15) is 4.79 Å². The molecule has 6 heteroatoms. The maximum absolute atomic E-state index is 12.3. The average Bonchev–Trinajstić information content (AvgIpc) is 2.90. The Kier molecular flexibility index (Phi) is 3.47. The highest BCUT2D eigenvalue weighted by Crippen LogP contribution is 2.22. The van der Waals surface area contributed by atoms with Crippen LogP contribution >= 0.6 is 0 Å². The molecule has 3 rings (SSSR count). The summed E-state index contributed by atoms with van der Waals surface area (Å²) in [5.41, 5.74) is 2.26. The van der Waals surface area contributed by atoms with Crippen molar-refractivity contribution < 1.29 is 9.32 Å². The Morgan fingerprint density at radius 1 is 1.50 bits per heavy atom. The second kappa shape index (κ2) is 5.42. The smallest absolute Gasteiger partial charge is 0.246 e. The molecule has 2 heterocycles. The van der Waals surface area contributed by atoms with Crippen LogP contribution in [-0.2, 0) is 17.8 Å². The number of hydrogen-bond acceptors (Lipinski definition) is 5. The fourth-order valence-electron chi connectivity index (χ4n) is 2.42. The number of benzene rings is 1. The number of fused-ring (bicyclic) bond motifs is 1. The zero-order chi connectivity index (χ0) is 13.9. The van der Waals surface area contributed by atoms with Gasteiger partial charge in [-0.05, 0) is 24.5 Å². The Hall–Kier alpha value is -2.21. The molecule has 2 N–H and O–H groups in total. The van der Waals surface area contributed by atoms with E-state index in [1.807, 2.05) is 18.2 Å². The second-order valence-corrected chi connectivity index (χ2v) is 4.79. The Balaban J connectivity index is 1.69. The van der Waals surface area contributed by atoms with Crippen LogP contribution in [0.5, 0.6) is 0 Å². The number of rotatable bonds is 3. The van der Waals surface area contributed by atoms with Gasteiger partial charge >= 0.3 is 0 Å². The maximum atomic E-state index is 12.3. The van der Waals surface area contributed by atoms with E-state index in [-0.39, 0.29) is 18.5 Å². The molecule has 0 bridgehead atoms. The lowest BCUT2D eigenvalue weighted by molar-refractivity contribution is -0.123. The Labute approximate surface area is 116 Å². The Bertz CT molecular complexity index is 623. The predicted molar refractivity (Wildman–Crippen MR) is 71.8 cm³/mol. The van der Waals surface area contributed by atoms with Crippen LogP contribution in [0.4, 0.5) is 0 Å². The summed E-state index contributed by atoms with van der Waals surface area (Å²) >= 11 is 0. The van der Waals surface area contributed by atoms with Gasteiger partial charge in [-0.1, -0.05) is 29.4 Å². The molecule has 1 aliphatic rings. The normalized spacial score (nSPS) is 17.6. The first kappa shape index (κ1) is 12.8. The van der Waals surface area contributed by atoms with Gasteiger partial charge in [0, 0.05) is 6.54 Å². The molecule has 1 amide bonds. The van der Waals surface area contributed by atoms with Crippen molar-refractivity contribution in [1.29, 1.82) is 0 Å². The maximum Gasteiger partial charge on any atom is 0.246 e. The van der Waals surface area contributed by atoms with E-state index in [1.54, 1.807) is 6.92 Å². The fraction of sp³-hybridized carbons (Fsp3) is 0.357. The highest BCUT2D eigenvalue weighted by atomic mass is 16.5. The van der Waals surface area contributed by atoms with Gasteiger partial charge in [0.1, 0.15) is 6.04 Å². The molecule has 1 unspecified atom stereocenters. The van der Waals surface area contributed by atoms with Crippen molar-refractivity contribution in [3.63, 3.8) is 0 Å². The third kappa shape index (κ3) is 2.55. The van der Waals surface area contributed by atoms with Crippen LogP contribution in [0.3, 0.4) is 0 Å². The minimum absolute atomic E-state index is 0.0759. The number of carbonyl (C=O) groups excluding carboxylic acids is 1. The van der Waals surface area contributed by atoms with Gasteiger partial charge in [0.25, 0.3) is 0 Å². The molecule has 2 aromatic rings. The zero-order valence-electron chi connectivity index (χ0n) is 11.2. The van der Waals surface area contributed by atoms with Crippen LogP contribution in [0.25, 0.3) is 0 Å². The van der Waals surface area contributed by atoms with Crippen LogP contribution in [-0.4, -0.2) is 22.6 Å². The Morgan fingerprint density at radius 3 is 3.15 bits per heavy atom. The summed E-state index contributed by atoms with van der Waals surface area (Å²) in [6.07, 6.45) is 0.947. The zero-order valence-corrected chi connectivity index (χ0v) is 11.2. The van der Waals surface area contributed by atoms with E-state index in [2.05, 4.69) is 26.8 Å². The first-order chi connectivity index (χ1) is 9.74. The number of hydrogen-bond donors (Lipinski definition) is 2. The SMILES string of the molecule is Cc1noc(CNC(=O)C2NCCc3ccccc32)n1. The van der Waals surface area contributed by atoms with Gasteiger partial charge in [0.2, 0.25) is 11.8 Å². The first-order valence-electron chi connectivity index (χ1n) is 6.62. The second-order valence-electron chi connectivity index (χ2n) is 4.79. The minimum atomic E-state index is -0.316. The van der Waals surface area contributed by atoms with Crippen molar-refractivity contribution in [1.82, 2.24) is 20.8 Å². The van der Waals surface area contributed by atoms with E-state index < -0.39 is 0 Å². The molecular formula is C14H16N4O2. The molecule has 1 aliphatic heterocycles. The lowest BCUT2D eigenvalue weighted by Crippen LogP contribution is -2.41. The molecule has 0 saturated carbocycles. The van der Waals surface area contributed by atoms with Crippen molar-refractivity contribution in [2.45, 2.75) is 25.9 Å². The van der Waals surface area contributed by atoms with Crippen LogP contribution < -0.4 is 10.6 Å². The third-order valence-electron chi connectivity index (χ3n) is 3.35. The number of carbonyl (C=O) groups is 1. The van der Waals surface area contributed by atoms with Crippen LogP contribution in [0.2, 0.25) is 0 Å². The molecule has 20 heavy (non-hydrogen) atoms. The lowest BCUT2D eigenvalue weighted by Gasteiger charge is -2.25. The summed E-state index contributed by atoms with van der Waals surface area (Å²) in [7, 11) is 0. The highest BCUT2D eigenvalue weighted by Gasteiger charge is 2.25. The van der Waals surface area contributed by atoms with Gasteiger partial charge in [-0.15, -0.1) is 0 Å². The van der Waals surface area contributed by atoms with E-state index in [0.29, 0.717) is 11.7 Å². The van der Waals surface area contributed by atoms with E-state index in [4.69, 9.17) is 4.52 Å². The van der Waals surface area contributed by atoms with Gasteiger partial charge in [-0.25, -0.2) is 0 Å². The van der Waals surface area contributed by atoms with Crippen molar-refractivity contribution >= 4 is 5.91 Å². The van der Waals surface area contributed by atoms with Gasteiger partial charge < -0.3 is 15.2 Å². The van der Waals surface area contributed by atoms with Crippen molar-refractivity contribution in [2.24, 2.45) is 0 Å². The first-order valence-corrected chi connectivity index (χ1v) is 6.62. The lowest BCUT2D eigenvalue weighted by atomic mass is 9.94. The summed E-state index contributed by atoms with van der Waals surface area (Å²) in [6, 6.07) is 7.69. The fourth-order valence-corrected chi connectivity index (χ4v) is 2.42. The molecule has 104 valence electrons. The molecule has 1 aromatic carbocycles. The summed E-state index contributed by atoms with van der Waals surface area (Å²) in [5, 5.41) is 9.75. The van der Waals surface area contributed by atoms with Gasteiger partial charge in [0.15, 0.2) is 5.82 Å². The average molecular weight is 272 g/mol. The molecular weight excluding hydrogens is 256 g/mol. The third-order valence-corrected chi connectivity index (χ3v) is 3.35. The molecule has 0 aliphatic carbocycles. The van der Waals surface area contributed by atoms with Crippen molar-refractivity contribution in [3.05, 3.63) is 47.1 Å². The molecule has 0 radical (unpaired) electrons. The van der Waals surface area contributed by atoms with Crippen LogP contribution in [0, 0.1) is 6.92 Å². The summed E-state index contributed by atoms with van der Waals surface area (Å²) in [5.74, 6) is 0.906. The van der Waals surface area contributed by atoms with E-state index >= 15 is 0 Å². The number of aromatic nitrogens is 2. The standard InChI is InChI=1S/C14H16N4O2/c1-9-17-12(20-18-9)8-16-14(19)13-11-5-3-2-4-10(11)6-7-15-13/h2-5,13,15H,6-8H2,1H3,(H,16,19). The molecule has 6 nitrogen and oxygen atoms in total.